The van der Waals surface area contributed by atoms with Crippen LogP contribution in [0.1, 0.15) is 5.56 Å². The smallest absolute Gasteiger partial charge is 0.104 e. The summed E-state index contributed by atoms with van der Waals surface area (Å²) in [5, 5.41) is 1.07. The normalized spacial score (nSPS) is 10.4. The van der Waals surface area contributed by atoms with Crippen LogP contribution in [0.25, 0.3) is 11.3 Å². The van der Waals surface area contributed by atoms with E-state index in [4.69, 9.17) is 4.98 Å². The molecule has 0 aliphatic carbocycles. The first-order valence-electron chi connectivity index (χ1n) is 6.59. The van der Waals surface area contributed by atoms with Gasteiger partial charge in [-0.15, -0.1) is 0 Å². The quantitative estimate of drug-likeness (QED) is 0.652. The molecule has 0 aliphatic rings. The number of nitrogens with zero attached hydrogens (tertiary/aromatic N) is 1. The monoisotopic (exact) mass is 277 g/mol. The molecule has 2 heteroatoms. The van der Waals surface area contributed by atoms with Gasteiger partial charge in [0.05, 0.1) is 5.69 Å². The minimum Gasteiger partial charge on any atom is -0.241 e. The zero-order valence-corrected chi connectivity index (χ0v) is 12.1. The molecule has 1 heterocycles. The van der Waals surface area contributed by atoms with Gasteiger partial charge in [0.15, 0.2) is 0 Å². The maximum absolute atomic E-state index is 4.80. The molecule has 0 N–H and O–H groups in total. The third-order valence-corrected chi connectivity index (χ3v) is 4.19. The third kappa shape index (κ3) is 2.91. The largest absolute Gasteiger partial charge is 0.241 e. The molecule has 2 aromatic carbocycles. The number of rotatable bonds is 3. The van der Waals surface area contributed by atoms with Crippen molar-refractivity contribution in [2.45, 2.75) is 16.8 Å². The van der Waals surface area contributed by atoms with Crippen molar-refractivity contribution in [2.24, 2.45) is 0 Å². The van der Waals surface area contributed by atoms with Gasteiger partial charge in [0.25, 0.3) is 0 Å². The highest BCUT2D eigenvalue weighted by atomic mass is 32.2. The van der Waals surface area contributed by atoms with Crippen LogP contribution >= 0.6 is 11.8 Å². The van der Waals surface area contributed by atoms with Gasteiger partial charge in [0.2, 0.25) is 0 Å². The summed E-state index contributed by atoms with van der Waals surface area (Å²) in [5.41, 5.74) is 3.38. The Labute approximate surface area is 123 Å². The molecule has 1 aromatic heterocycles. The summed E-state index contributed by atoms with van der Waals surface area (Å²) in [6.45, 7) is 2.10. The minimum absolute atomic E-state index is 1.02. The molecule has 0 saturated carbocycles. The van der Waals surface area contributed by atoms with Gasteiger partial charge in [-0.05, 0) is 30.7 Å². The molecule has 1 nitrogen and oxygen atoms in total. The second-order valence-electron chi connectivity index (χ2n) is 4.60. The highest BCUT2D eigenvalue weighted by Gasteiger charge is 2.06. The molecule has 0 radical (unpaired) electrons. The molecule has 0 fully saturated rings. The van der Waals surface area contributed by atoms with E-state index in [9.17, 15) is 0 Å². The van der Waals surface area contributed by atoms with E-state index >= 15 is 0 Å². The topological polar surface area (TPSA) is 12.9 Å². The van der Waals surface area contributed by atoms with Crippen molar-refractivity contribution >= 4 is 11.8 Å². The van der Waals surface area contributed by atoms with Gasteiger partial charge in [0, 0.05) is 10.5 Å². The maximum Gasteiger partial charge on any atom is 0.104 e. The lowest BCUT2D eigenvalue weighted by atomic mass is 10.1. The molecule has 0 amide bonds. The van der Waals surface area contributed by atoms with Crippen LogP contribution in [-0.2, 0) is 0 Å². The van der Waals surface area contributed by atoms with Crippen LogP contribution in [0, 0.1) is 6.92 Å². The van der Waals surface area contributed by atoms with Crippen LogP contribution in [-0.4, -0.2) is 4.98 Å². The Balaban J connectivity index is 1.95. The van der Waals surface area contributed by atoms with E-state index in [2.05, 4.69) is 55.5 Å². The van der Waals surface area contributed by atoms with Gasteiger partial charge >= 0.3 is 0 Å². The van der Waals surface area contributed by atoms with Crippen molar-refractivity contribution in [3.8, 4) is 11.3 Å². The van der Waals surface area contributed by atoms with E-state index in [0.717, 1.165) is 16.3 Å². The lowest BCUT2D eigenvalue weighted by molar-refractivity contribution is 1.08. The Kier molecular flexibility index (Phi) is 3.84. The highest BCUT2D eigenvalue weighted by Crippen LogP contribution is 2.30. The molecule has 0 atom stereocenters. The molecule has 98 valence electrons. The molecule has 0 unspecified atom stereocenters. The van der Waals surface area contributed by atoms with E-state index in [1.165, 1.54) is 10.5 Å². The van der Waals surface area contributed by atoms with Crippen LogP contribution in [0.4, 0.5) is 0 Å². The van der Waals surface area contributed by atoms with Gasteiger partial charge in [-0.2, -0.15) is 0 Å². The summed E-state index contributed by atoms with van der Waals surface area (Å²) >= 11 is 1.71. The molecule has 0 bridgehead atoms. The summed E-state index contributed by atoms with van der Waals surface area (Å²) in [6.07, 6.45) is 0. The second-order valence-corrected chi connectivity index (χ2v) is 5.66. The summed E-state index contributed by atoms with van der Waals surface area (Å²) in [6, 6.07) is 24.9. The molecule has 0 aliphatic heterocycles. The zero-order valence-electron chi connectivity index (χ0n) is 11.3. The predicted molar refractivity (Wildman–Crippen MR) is 85.0 cm³/mol. The standard InChI is InChI=1S/C18H15NS/c1-14-12-13-17(15-8-4-2-5-9-15)19-18(14)20-16-10-6-3-7-11-16/h2-13H,1H3. The first-order chi connectivity index (χ1) is 9.83. The Morgan fingerprint density at radius 1 is 0.750 bits per heavy atom. The Morgan fingerprint density at radius 3 is 2.10 bits per heavy atom. The Hall–Kier alpha value is -2.06. The molecule has 0 spiro atoms. The van der Waals surface area contributed by atoms with Gasteiger partial charge in [-0.3, -0.25) is 0 Å². The van der Waals surface area contributed by atoms with E-state index in [-0.39, 0.29) is 0 Å². The minimum atomic E-state index is 1.02. The maximum atomic E-state index is 4.80. The van der Waals surface area contributed by atoms with E-state index in [1.54, 1.807) is 11.8 Å². The SMILES string of the molecule is Cc1ccc(-c2ccccc2)nc1Sc1ccccc1. The average Bonchev–Trinajstić information content (AvgIpc) is 2.51. The number of benzene rings is 2. The third-order valence-electron chi connectivity index (χ3n) is 3.08. The summed E-state index contributed by atoms with van der Waals surface area (Å²) in [5.74, 6) is 0. The van der Waals surface area contributed by atoms with Crippen LogP contribution in [0.15, 0.2) is 82.7 Å². The van der Waals surface area contributed by atoms with Crippen molar-refractivity contribution in [1.29, 1.82) is 0 Å². The molecular formula is C18H15NS. The summed E-state index contributed by atoms with van der Waals surface area (Å²) < 4.78 is 0. The van der Waals surface area contributed by atoms with Gasteiger partial charge in [0.1, 0.15) is 5.03 Å². The van der Waals surface area contributed by atoms with E-state index < -0.39 is 0 Å². The number of aryl methyl sites for hydroxylation is 1. The van der Waals surface area contributed by atoms with Gasteiger partial charge in [-0.25, -0.2) is 4.98 Å². The fourth-order valence-corrected chi connectivity index (χ4v) is 2.87. The molecule has 0 saturated heterocycles. The first kappa shape index (κ1) is 12.9. The van der Waals surface area contributed by atoms with Crippen LogP contribution in [0.5, 0.6) is 0 Å². The number of aromatic nitrogens is 1. The predicted octanol–water partition coefficient (Wildman–Crippen LogP) is 5.21. The van der Waals surface area contributed by atoms with Crippen molar-refractivity contribution in [2.75, 3.05) is 0 Å². The zero-order chi connectivity index (χ0) is 13.8. The van der Waals surface area contributed by atoms with Crippen LogP contribution in [0.3, 0.4) is 0 Å². The highest BCUT2D eigenvalue weighted by molar-refractivity contribution is 7.99. The van der Waals surface area contributed by atoms with Crippen molar-refractivity contribution < 1.29 is 0 Å². The van der Waals surface area contributed by atoms with Gasteiger partial charge < -0.3 is 0 Å². The van der Waals surface area contributed by atoms with Crippen molar-refractivity contribution in [3.05, 3.63) is 78.4 Å². The van der Waals surface area contributed by atoms with Gasteiger partial charge in [-0.1, -0.05) is 66.4 Å². The lowest BCUT2D eigenvalue weighted by Gasteiger charge is -2.08. The fourth-order valence-electron chi connectivity index (χ4n) is 1.98. The van der Waals surface area contributed by atoms with E-state index in [0.29, 0.717) is 0 Å². The number of hydrogen-bond acceptors (Lipinski definition) is 2. The lowest BCUT2D eigenvalue weighted by Crippen LogP contribution is -1.89. The van der Waals surface area contributed by atoms with Crippen LogP contribution in [0.2, 0.25) is 0 Å². The van der Waals surface area contributed by atoms with Crippen molar-refractivity contribution in [3.63, 3.8) is 0 Å². The number of pyridine rings is 1. The Bertz CT molecular complexity index is 693. The second kappa shape index (κ2) is 5.93. The molecular weight excluding hydrogens is 262 g/mol. The summed E-state index contributed by atoms with van der Waals surface area (Å²) in [7, 11) is 0. The molecule has 3 rings (SSSR count). The van der Waals surface area contributed by atoms with Crippen molar-refractivity contribution in [1.82, 2.24) is 4.98 Å². The molecule has 3 aromatic rings. The Morgan fingerprint density at radius 2 is 1.40 bits per heavy atom. The fraction of sp³-hybridized carbons (Fsp3) is 0.0556. The average molecular weight is 277 g/mol. The van der Waals surface area contributed by atoms with Crippen LogP contribution < -0.4 is 0 Å². The summed E-state index contributed by atoms with van der Waals surface area (Å²) in [4.78, 5) is 6.02. The number of hydrogen-bond donors (Lipinski definition) is 0. The molecule has 20 heavy (non-hydrogen) atoms. The first-order valence-corrected chi connectivity index (χ1v) is 7.40. The van der Waals surface area contributed by atoms with E-state index in [1.807, 2.05) is 24.3 Å².